The Morgan fingerprint density at radius 3 is 3.33 bits per heavy atom. The maximum atomic E-state index is 11.7. The number of carbonyl (C=O) groups is 1. The minimum absolute atomic E-state index is 0.189. The van der Waals surface area contributed by atoms with Crippen LogP contribution in [0.15, 0.2) is 6.33 Å². The second kappa shape index (κ2) is 4.06. The van der Waals surface area contributed by atoms with Gasteiger partial charge in [-0.2, -0.15) is 10.4 Å². The molecule has 1 amide bonds. The van der Waals surface area contributed by atoms with Gasteiger partial charge in [-0.25, -0.2) is 4.98 Å². The van der Waals surface area contributed by atoms with Gasteiger partial charge in [0.05, 0.1) is 19.2 Å². The standard InChI is InChI=1S/C8H9N5O2/c9-3-6-4-13(1-2-15-6)8(14)7-10-5-11-12-7/h5-6H,1-2,4H2,(H,10,11,12). The van der Waals surface area contributed by atoms with Crippen LogP contribution < -0.4 is 0 Å². The lowest BCUT2D eigenvalue weighted by Gasteiger charge is -2.28. The average molecular weight is 207 g/mol. The number of hydrogen-bond acceptors (Lipinski definition) is 5. The van der Waals surface area contributed by atoms with Gasteiger partial charge in [0, 0.05) is 6.54 Å². The molecule has 1 aliphatic heterocycles. The predicted molar refractivity (Wildman–Crippen MR) is 47.6 cm³/mol. The van der Waals surface area contributed by atoms with Gasteiger partial charge in [-0.05, 0) is 0 Å². The van der Waals surface area contributed by atoms with Gasteiger partial charge in [0.15, 0.2) is 6.10 Å². The van der Waals surface area contributed by atoms with Gasteiger partial charge in [-0.3, -0.25) is 9.89 Å². The molecule has 1 unspecified atom stereocenters. The summed E-state index contributed by atoms with van der Waals surface area (Å²) in [6.45, 7) is 1.12. The van der Waals surface area contributed by atoms with Crippen LogP contribution in [0.4, 0.5) is 0 Å². The minimum Gasteiger partial charge on any atom is -0.360 e. The summed E-state index contributed by atoms with van der Waals surface area (Å²) >= 11 is 0. The Morgan fingerprint density at radius 1 is 1.80 bits per heavy atom. The van der Waals surface area contributed by atoms with Crippen LogP contribution in [-0.2, 0) is 4.74 Å². The van der Waals surface area contributed by atoms with Crippen molar-refractivity contribution in [3.63, 3.8) is 0 Å². The number of hydrogen-bond donors (Lipinski definition) is 1. The highest BCUT2D eigenvalue weighted by Gasteiger charge is 2.26. The van der Waals surface area contributed by atoms with Crippen molar-refractivity contribution in [2.45, 2.75) is 6.10 Å². The third kappa shape index (κ3) is 1.94. The quantitative estimate of drug-likeness (QED) is 0.648. The fourth-order valence-corrected chi connectivity index (χ4v) is 1.37. The number of ether oxygens (including phenoxy) is 1. The highest BCUT2D eigenvalue weighted by molar-refractivity contribution is 5.90. The molecule has 7 nitrogen and oxygen atoms in total. The van der Waals surface area contributed by atoms with E-state index in [4.69, 9.17) is 10.00 Å². The molecule has 7 heteroatoms. The average Bonchev–Trinajstić information content (AvgIpc) is 2.81. The topological polar surface area (TPSA) is 94.9 Å². The molecule has 0 aromatic carbocycles. The molecule has 78 valence electrons. The SMILES string of the molecule is N#CC1CN(C(=O)c2ncn[nH]2)CCO1. The van der Waals surface area contributed by atoms with Crippen molar-refractivity contribution in [2.24, 2.45) is 0 Å². The van der Waals surface area contributed by atoms with Gasteiger partial charge >= 0.3 is 0 Å². The van der Waals surface area contributed by atoms with Crippen molar-refractivity contribution in [1.29, 1.82) is 5.26 Å². The Labute approximate surface area is 85.7 Å². The lowest BCUT2D eigenvalue weighted by atomic mass is 10.3. The van der Waals surface area contributed by atoms with Gasteiger partial charge in [0.25, 0.3) is 5.91 Å². The number of amides is 1. The van der Waals surface area contributed by atoms with E-state index >= 15 is 0 Å². The van der Waals surface area contributed by atoms with Gasteiger partial charge < -0.3 is 9.64 Å². The monoisotopic (exact) mass is 207 g/mol. The number of nitrogens with zero attached hydrogens (tertiary/aromatic N) is 4. The highest BCUT2D eigenvalue weighted by Crippen LogP contribution is 2.06. The van der Waals surface area contributed by atoms with E-state index in [1.54, 1.807) is 0 Å². The Kier molecular flexibility index (Phi) is 2.60. The number of nitrogens with one attached hydrogen (secondary N) is 1. The van der Waals surface area contributed by atoms with Gasteiger partial charge in [-0.15, -0.1) is 0 Å². The van der Waals surface area contributed by atoms with Crippen LogP contribution in [0.1, 0.15) is 10.6 Å². The first kappa shape index (κ1) is 9.61. The first-order valence-electron chi connectivity index (χ1n) is 4.47. The van der Waals surface area contributed by atoms with E-state index in [-0.39, 0.29) is 18.3 Å². The van der Waals surface area contributed by atoms with Gasteiger partial charge in [0.1, 0.15) is 6.33 Å². The van der Waals surface area contributed by atoms with Crippen molar-refractivity contribution < 1.29 is 9.53 Å². The molecule has 1 atom stereocenters. The number of H-pyrrole nitrogens is 1. The van der Waals surface area contributed by atoms with E-state index in [1.165, 1.54) is 11.2 Å². The van der Waals surface area contributed by atoms with Crippen LogP contribution in [-0.4, -0.2) is 51.8 Å². The zero-order valence-electron chi connectivity index (χ0n) is 7.88. The molecule has 1 aromatic heterocycles. The normalized spacial score (nSPS) is 21.0. The Morgan fingerprint density at radius 2 is 2.67 bits per heavy atom. The summed E-state index contributed by atoms with van der Waals surface area (Å²) < 4.78 is 5.12. The number of carbonyl (C=O) groups excluding carboxylic acids is 1. The third-order valence-electron chi connectivity index (χ3n) is 2.12. The van der Waals surface area contributed by atoms with Crippen molar-refractivity contribution in [2.75, 3.05) is 19.7 Å². The van der Waals surface area contributed by atoms with E-state index in [0.29, 0.717) is 13.2 Å². The first-order chi connectivity index (χ1) is 7.31. The lowest BCUT2D eigenvalue weighted by Crippen LogP contribution is -2.45. The molecular weight excluding hydrogens is 198 g/mol. The molecule has 0 bridgehead atoms. The Bertz CT molecular complexity index is 382. The van der Waals surface area contributed by atoms with Crippen LogP contribution in [0.3, 0.4) is 0 Å². The minimum atomic E-state index is -0.550. The molecule has 15 heavy (non-hydrogen) atoms. The van der Waals surface area contributed by atoms with Crippen molar-refractivity contribution in [1.82, 2.24) is 20.1 Å². The summed E-state index contributed by atoms with van der Waals surface area (Å²) in [4.78, 5) is 17.0. The van der Waals surface area contributed by atoms with E-state index in [1.807, 2.05) is 6.07 Å². The van der Waals surface area contributed by atoms with Gasteiger partial charge in [-0.1, -0.05) is 0 Å². The summed E-state index contributed by atoms with van der Waals surface area (Å²) in [5.41, 5.74) is 0. The van der Waals surface area contributed by atoms with Crippen LogP contribution >= 0.6 is 0 Å². The van der Waals surface area contributed by atoms with Crippen LogP contribution in [0.2, 0.25) is 0 Å². The van der Waals surface area contributed by atoms with Crippen molar-refractivity contribution in [3.05, 3.63) is 12.2 Å². The molecule has 0 radical (unpaired) electrons. The third-order valence-corrected chi connectivity index (χ3v) is 2.12. The zero-order chi connectivity index (χ0) is 10.7. The van der Waals surface area contributed by atoms with Crippen LogP contribution in [0.25, 0.3) is 0 Å². The summed E-state index contributed by atoms with van der Waals surface area (Å²) in [6, 6.07) is 1.97. The molecule has 1 N–H and O–H groups in total. The molecular formula is C8H9N5O2. The smallest absolute Gasteiger partial charge is 0.291 e. The van der Waals surface area contributed by atoms with Gasteiger partial charge in [0.2, 0.25) is 5.82 Å². The fourth-order valence-electron chi connectivity index (χ4n) is 1.37. The zero-order valence-corrected chi connectivity index (χ0v) is 7.88. The van der Waals surface area contributed by atoms with E-state index in [2.05, 4.69) is 15.2 Å². The highest BCUT2D eigenvalue weighted by atomic mass is 16.5. The maximum Gasteiger partial charge on any atom is 0.291 e. The fraction of sp³-hybridized carbons (Fsp3) is 0.500. The summed E-state index contributed by atoms with van der Waals surface area (Å²) in [7, 11) is 0. The Balaban J connectivity index is 2.05. The largest absolute Gasteiger partial charge is 0.360 e. The molecule has 0 saturated carbocycles. The van der Waals surface area contributed by atoms with Crippen molar-refractivity contribution in [3.8, 4) is 6.07 Å². The second-order valence-corrected chi connectivity index (χ2v) is 3.07. The maximum absolute atomic E-state index is 11.7. The van der Waals surface area contributed by atoms with Crippen LogP contribution in [0.5, 0.6) is 0 Å². The van der Waals surface area contributed by atoms with E-state index < -0.39 is 6.10 Å². The predicted octanol–water partition coefficient (Wildman–Crippen LogP) is -0.831. The summed E-state index contributed by atoms with van der Waals surface area (Å²) in [5, 5.41) is 14.8. The molecule has 2 heterocycles. The summed E-state index contributed by atoms with van der Waals surface area (Å²) in [5.74, 6) is -0.0651. The summed E-state index contributed by atoms with van der Waals surface area (Å²) in [6.07, 6.45) is 0.723. The van der Waals surface area contributed by atoms with E-state index in [0.717, 1.165) is 0 Å². The molecule has 1 saturated heterocycles. The number of aromatic amines is 1. The molecule has 1 aromatic rings. The second-order valence-electron chi connectivity index (χ2n) is 3.07. The van der Waals surface area contributed by atoms with Crippen molar-refractivity contribution >= 4 is 5.91 Å². The van der Waals surface area contributed by atoms with Crippen LogP contribution in [0, 0.1) is 11.3 Å². The van der Waals surface area contributed by atoms with E-state index in [9.17, 15) is 4.79 Å². The molecule has 0 spiro atoms. The number of aromatic nitrogens is 3. The molecule has 0 aliphatic carbocycles. The number of morpholine rings is 1. The number of nitriles is 1. The first-order valence-corrected chi connectivity index (χ1v) is 4.47. The molecule has 2 rings (SSSR count). The number of rotatable bonds is 1. The lowest BCUT2D eigenvalue weighted by molar-refractivity contribution is 0.00293. The molecule has 1 fully saturated rings. The molecule has 1 aliphatic rings. The Hall–Kier alpha value is -1.94.